The van der Waals surface area contributed by atoms with Gasteiger partial charge >= 0.3 is 6.03 Å². The highest BCUT2D eigenvalue weighted by molar-refractivity contribution is 5.74. The van der Waals surface area contributed by atoms with Crippen molar-refractivity contribution in [1.29, 1.82) is 0 Å². The quantitative estimate of drug-likeness (QED) is 0.583. The van der Waals surface area contributed by atoms with E-state index in [1.807, 2.05) is 0 Å². The molecule has 3 aliphatic rings. The van der Waals surface area contributed by atoms with Gasteiger partial charge in [-0.25, -0.2) is 4.79 Å². The standard InChI is InChI=1S/C18H32N2O3/c21-18(19-10-12-22-16-5-3-1-2-4-6-16)20-15-9-11-23-17(13-15)14-7-8-14/h14-17H,1-13H2,(H2,19,20,21)/t15-,17-/m1/s1. The molecule has 3 rings (SSSR count). The topological polar surface area (TPSA) is 59.6 Å². The molecule has 1 heterocycles. The van der Waals surface area contributed by atoms with Crippen molar-refractivity contribution in [2.24, 2.45) is 5.92 Å². The molecule has 2 N–H and O–H groups in total. The second kappa shape index (κ2) is 8.88. The van der Waals surface area contributed by atoms with Gasteiger partial charge in [0.2, 0.25) is 0 Å². The predicted octanol–water partition coefficient (Wildman–Crippen LogP) is 2.98. The van der Waals surface area contributed by atoms with Crippen molar-refractivity contribution in [3.8, 4) is 0 Å². The average molecular weight is 324 g/mol. The largest absolute Gasteiger partial charge is 0.378 e. The lowest BCUT2D eigenvalue weighted by Gasteiger charge is -2.30. The highest BCUT2D eigenvalue weighted by Gasteiger charge is 2.36. The molecule has 5 nitrogen and oxygen atoms in total. The molecule has 0 unspecified atom stereocenters. The SMILES string of the molecule is O=C(NCCOC1CCCCCC1)N[C@@H]1CCO[C@@H](C2CC2)C1. The first-order valence-corrected chi connectivity index (χ1v) is 9.59. The minimum Gasteiger partial charge on any atom is -0.378 e. The van der Waals surface area contributed by atoms with Crippen LogP contribution < -0.4 is 10.6 Å². The summed E-state index contributed by atoms with van der Waals surface area (Å²) in [5.41, 5.74) is 0. The molecule has 1 saturated heterocycles. The predicted molar refractivity (Wildman–Crippen MR) is 89.5 cm³/mol. The van der Waals surface area contributed by atoms with E-state index in [0.29, 0.717) is 25.4 Å². The number of carbonyl (C=O) groups is 1. The summed E-state index contributed by atoms with van der Waals surface area (Å²) in [7, 11) is 0. The molecule has 2 saturated carbocycles. The van der Waals surface area contributed by atoms with Gasteiger partial charge in [0.05, 0.1) is 18.8 Å². The van der Waals surface area contributed by atoms with Gasteiger partial charge in [0.25, 0.3) is 0 Å². The van der Waals surface area contributed by atoms with Gasteiger partial charge in [-0.15, -0.1) is 0 Å². The molecule has 2 amide bonds. The van der Waals surface area contributed by atoms with Crippen LogP contribution in [0.4, 0.5) is 4.79 Å². The Kier molecular flexibility index (Phi) is 6.57. The summed E-state index contributed by atoms with van der Waals surface area (Å²) < 4.78 is 11.7. The second-order valence-corrected chi connectivity index (χ2v) is 7.35. The zero-order valence-corrected chi connectivity index (χ0v) is 14.2. The van der Waals surface area contributed by atoms with Crippen molar-refractivity contribution >= 4 is 6.03 Å². The van der Waals surface area contributed by atoms with Crippen molar-refractivity contribution in [3.63, 3.8) is 0 Å². The molecule has 0 spiro atoms. The maximum absolute atomic E-state index is 12.0. The molecule has 0 aromatic carbocycles. The van der Waals surface area contributed by atoms with Crippen LogP contribution in [0, 0.1) is 5.92 Å². The van der Waals surface area contributed by atoms with Crippen LogP contribution in [0.25, 0.3) is 0 Å². The Bertz CT molecular complexity index is 365. The third-order valence-electron chi connectivity index (χ3n) is 5.34. The first kappa shape index (κ1) is 17.0. The summed E-state index contributed by atoms with van der Waals surface area (Å²) in [4.78, 5) is 12.0. The Balaban J connectivity index is 1.25. The molecule has 2 atom stereocenters. The summed E-state index contributed by atoms with van der Waals surface area (Å²) in [5.74, 6) is 0.746. The van der Waals surface area contributed by atoms with E-state index in [2.05, 4.69) is 10.6 Å². The van der Waals surface area contributed by atoms with Crippen LogP contribution in [0.2, 0.25) is 0 Å². The van der Waals surface area contributed by atoms with Gasteiger partial charge in [0.15, 0.2) is 0 Å². The molecule has 0 bridgehead atoms. The summed E-state index contributed by atoms with van der Waals surface area (Å²) in [5, 5.41) is 6.02. The Morgan fingerprint density at radius 3 is 2.57 bits per heavy atom. The Morgan fingerprint density at radius 1 is 1.04 bits per heavy atom. The van der Waals surface area contributed by atoms with E-state index in [-0.39, 0.29) is 12.1 Å². The van der Waals surface area contributed by atoms with Crippen molar-refractivity contribution in [2.45, 2.75) is 82.5 Å². The lowest BCUT2D eigenvalue weighted by atomic mass is 10.0. The molecule has 1 aliphatic heterocycles. The normalized spacial score (nSPS) is 29.7. The number of carbonyl (C=O) groups excluding carboxylic acids is 1. The van der Waals surface area contributed by atoms with Crippen LogP contribution in [-0.2, 0) is 9.47 Å². The van der Waals surface area contributed by atoms with E-state index in [9.17, 15) is 4.79 Å². The number of urea groups is 1. The third kappa shape index (κ3) is 5.96. The van der Waals surface area contributed by atoms with E-state index < -0.39 is 0 Å². The molecular weight excluding hydrogens is 292 g/mol. The Hall–Kier alpha value is -0.810. The molecule has 3 fully saturated rings. The second-order valence-electron chi connectivity index (χ2n) is 7.35. The van der Waals surface area contributed by atoms with Gasteiger partial charge in [-0.3, -0.25) is 0 Å². The van der Waals surface area contributed by atoms with E-state index in [1.54, 1.807) is 0 Å². The van der Waals surface area contributed by atoms with E-state index in [0.717, 1.165) is 25.4 Å². The highest BCUT2D eigenvalue weighted by atomic mass is 16.5. The Labute approximate surface area is 139 Å². The van der Waals surface area contributed by atoms with Crippen LogP contribution in [-0.4, -0.2) is 44.0 Å². The highest BCUT2D eigenvalue weighted by Crippen LogP contribution is 2.38. The van der Waals surface area contributed by atoms with Gasteiger partial charge in [0, 0.05) is 19.2 Å². The zero-order valence-electron chi connectivity index (χ0n) is 14.2. The molecule has 2 aliphatic carbocycles. The summed E-state index contributed by atoms with van der Waals surface area (Å²) in [6.07, 6.45) is 12.9. The third-order valence-corrected chi connectivity index (χ3v) is 5.34. The fourth-order valence-electron chi connectivity index (χ4n) is 3.79. The van der Waals surface area contributed by atoms with Gasteiger partial charge in [-0.1, -0.05) is 25.7 Å². The smallest absolute Gasteiger partial charge is 0.315 e. The van der Waals surface area contributed by atoms with Crippen LogP contribution in [0.15, 0.2) is 0 Å². The maximum atomic E-state index is 12.0. The number of hydrogen-bond donors (Lipinski definition) is 2. The van der Waals surface area contributed by atoms with Crippen molar-refractivity contribution in [3.05, 3.63) is 0 Å². The number of hydrogen-bond acceptors (Lipinski definition) is 3. The van der Waals surface area contributed by atoms with Crippen LogP contribution in [0.3, 0.4) is 0 Å². The summed E-state index contributed by atoms with van der Waals surface area (Å²) in [6, 6.07) is 0.202. The number of ether oxygens (including phenoxy) is 2. The molecule has 0 aromatic rings. The van der Waals surface area contributed by atoms with Crippen LogP contribution in [0.5, 0.6) is 0 Å². The van der Waals surface area contributed by atoms with Crippen molar-refractivity contribution in [2.75, 3.05) is 19.8 Å². The zero-order chi connectivity index (χ0) is 15.9. The van der Waals surface area contributed by atoms with Crippen LogP contribution >= 0.6 is 0 Å². The van der Waals surface area contributed by atoms with Crippen molar-refractivity contribution in [1.82, 2.24) is 10.6 Å². The van der Waals surface area contributed by atoms with E-state index >= 15 is 0 Å². The van der Waals surface area contributed by atoms with Crippen molar-refractivity contribution < 1.29 is 14.3 Å². The first-order chi connectivity index (χ1) is 11.3. The molecule has 5 heteroatoms. The minimum atomic E-state index is -0.0593. The Morgan fingerprint density at radius 2 is 1.83 bits per heavy atom. The lowest BCUT2D eigenvalue weighted by molar-refractivity contribution is -0.00923. The van der Waals surface area contributed by atoms with E-state index in [1.165, 1.54) is 51.4 Å². The number of amides is 2. The van der Waals surface area contributed by atoms with Gasteiger partial charge in [-0.05, 0) is 44.4 Å². The van der Waals surface area contributed by atoms with Crippen LogP contribution in [0.1, 0.15) is 64.2 Å². The maximum Gasteiger partial charge on any atom is 0.315 e. The average Bonchev–Trinajstić information content (AvgIpc) is 3.39. The molecular formula is C18H32N2O3. The van der Waals surface area contributed by atoms with Gasteiger partial charge in [0.1, 0.15) is 0 Å². The summed E-state index contributed by atoms with van der Waals surface area (Å²) in [6.45, 7) is 1.99. The number of rotatable bonds is 6. The minimum absolute atomic E-state index is 0.0593. The van der Waals surface area contributed by atoms with Gasteiger partial charge in [-0.2, -0.15) is 0 Å². The molecule has 132 valence electrons. The lowest BCUT2D eigenvalue weighted by Crippen LogP contribution is -2.47. The number of nitrogens with one attached hydrogen (secondary N) is 2. The monoisotopic (exact) mass is 324 g/mol. The first-order valence-electron chi connectivity index (χ1n) is 9.59. The van der Waals surface area contributed by atoms with E-state index in [4.69, 9.17) is 9.47 Å². The molecule has 23 heavy (non-hydrogen) atoms. The fraction of sp³-hybridized carbons (Fsp3) is 0.944. The molecule has 0 aromatic heterocycles. The summed E-state index contributed by atoms with van der Waals surface area (Å²) >= 11 is 0. The van der Waals surface area contributed by atoms with Gasteiger partial charge < -0.3 is 20.1 Å². The molecule has 0 radical (unpaired) electrons. The fourth-order valence-corrected chi connectivity index (χ4v) is 3.79.